The van der Waals surface area contributed by atoms with Gasteiger partial charge in [0.05, 0.1) is 13.1 Å². The van der Waals surface area contributed by atoms with Gasteiger partial charge in [0, 0.05) is 6.54 Å². The zero-order valence-electron chi connectivity index (χ0n) is 7.30. The molecule has 0 radical (unpaired) electrons. The van der Waals surface area contributed by atoms with Crippen LogP contribution in [0.5, 0.6) is 0 Å². The first-order chi connectivity index (χ1) is 5.20. The first-order valence-corrected chi connectivity index (χ1v) is 3.80. The zero-order chi connectivity index (χ0) is 8.69. The molecule has 0 saturated carbocycles. The fraction of sp³-hybridized carbons (Fsp3) is 0.600. The van der Waals surface area contributed by atoms with Crippen LogP contribution < -0.4 is 0 Å². The lowest BCUT2D eigenvalue weighted by molar-refractivity contribution is 0.303. The molecule has 0 amide bonds. The van der Waals surface area contributed by atoms with Crippen molar-refractivity contribution in [3.63, 3.8) is 0 Å². The van der Waals surface area contributed by atoms with Gasteiger partial charge in [-0.15, -0.1) is 12.8 Å². The van der Waals surface area contributed by atoms with Crippen molar-refractivity contribution >= 4 is 0 Å². The first kappa shape index (κ1) is 10.1. The van der Waals surface area contributed by atoms with Crippen LogP contribution in [0.25, 0.3) is 0 Å². The molecule has 11 heavy (non-hydrogen) atoms. The summed E-state index contributed by atoms with van der Waals surface area (Å²) in [6.07, 6.45) is 10.4. The van der Waals surface area contributed by atoms with Crippen molar-refractivity contribution in [1.82, 2.24) is 4.90 Å². The summed E-state index contributed by atoms with van der Waals surface area (Å²) < 4.78 is 0. The Morgan fingerprint density at radius 2 is 1.64 bits per heavy atom. The molecule has 0 saturated heterocycles. The summed E-state index contributed by atoms with van der Waals surface area (Å²) in [5.41, 5.74) is 0. The summed E-state index contributed by atoms with van der Waals surface area (Å²) in [5.74, 6) is 5.80. The van der Waals surface area contributed by atoms with Gasteiger partial charge in [-0.3, -0.25) is 4.90 Å². The lowest BCUT2D eigenvalue weighted by Crippen LogP contribution is -2.28. The Kier molecular flexibility index (Phi) is 5.35. The number of rotatable bonds is 4. The van der Waals surface area contributed by atoms with Crippen LogP contribution in [0.2, 0.25) is 0 Å². The minimum absolute atomic E-state index is 0.622. The van der Waals surface area contributed by atoms with E-state index in [-0.39, 0.29) is 0 Å². The van der Waals surface area contributed by atoms with Gasteiger partial charge in [0.25, 0.3) is 0 Å². The van der Waals surface area contributed by atoms with Crippen LogP contribution in [-0.4, -0.2) is 24.5 Å². The van der Waals surface area contributed by atoms with E-state index in [0.717, 1.165) is 6.54 Å². The fourth-order valence-corrected chi connectivity index (χ4v) is 0.960. The second-order valence-electron chi connectivity index (χ2n) is 2.97. The van der Waals surface area contributed by atoms with Crippen molar-refractivity contribution in [3.8, 4) is 24.7 Å². The van der Waals surface area contributed by atoms with Crippen LogP contribution in [0, 0.1) is 30.6 Å². The maximum Gasteiger partial charge on any atom is 0.0607 e. The first-order valence-electron chi connectivity index (χ1n) is 3.80. The largest absolute Gasteiger partial charge is 0.281 e. The van der Waals surface area contributed by atoms with Gasteiger partial charge in [-0.1, -0.05) is 25.7 Å². The molecule has 1 nitrogen and oxygen atoms in total. The van der Waals surface area contributed by atoms with Crippen LogP contribution >= 0.6 is 0 Å². The Balaban J connectivity index is 3.73. The van der Waals surface area contributed by atoms with E-state index in [4.69, 9.17) is 12.8 Å². The van der Waals surface area contributed by atoms with Crippen LogP contribution in [-0.2, 0) is 0 Å². The summed E-state index contributed by atoms with van der Waals surface area (Å²) >= 11 is 0. The van der Waals surface area contributed by atoms with E-state index >= 15 is 0 Å². The average molecular weight is 149 g/mol. The molecular weight excluding hydrogens is 134 g/mol. The molecule has 0 aliphatic rings. The van der Waals surface area contributed by atoms with Gasteiger partial charge in [0.1, 0.15) is 0 Å². The van der Waals surface area contributed by atoms with Gasteiger partial charge in [0.15, 0.2) is 0 Å². The van der Waals surface area contributed by atoms with Gasteiger partial charge in [-0.2, -0.15) is 0 Å². The van der Waals surface area contributed by atoms with E-state index in [2.05, 4.69) is 30.6 Å². The molecule has 0 aromatic carbocycles. The second-order valence-corrected chi connectivity index (χ2v) is 2.97. The Morgan fingerprint density at radius 1 is 1.18 bits per heavy atom. The fourth-order valence-electron chi connectivity index (χ4n) is 0.960. The predicted molar refractivity (Wildman–Crippen MR) is 48.9 cm³/mol. The topological polar surface area (TPSA) is 3.24 Å². The highest BCUT2D eigenvalue weighted by molar-refractivity contribution is 4.94. The third-order valence-electron chi connectivity index (χ3n) is 1.25. The van der Waals surface area contributed by atoms with Crippen molar-refractivity contribution in [2.24, 2.45) is 5.92 Å². The highest BCUT2D eigenvalue weighted by Gasteiger charge is 2.02. The third-order valence-corrected chi connectivity index (χ3v) is 1.25. The minimum atomic E-state index is 0.622. The maximum absolute atomic E-state index is 5.18. The Labute approximate surface area is 69.8 Å². The normalized spacial score (nSPS) is 9.64. The van der Waals surface area contributed by atoms with E-state index < -0.39 is 0 Å². The molecule has 0 rings (SSSR count). The van der Waals surface area contributed by atoms with Crippen molar-refractivity contribution in [1.29, 1.82) is 0 Å². The number of terminal acetylenes is 2. The smallest absolute Gasteiger partial charge is 0.0607 e. The van der Waals surface area contributed by atoms with E-state index in [1.54, 1.807) is 0 Å². The molecule has 60 valence electrons. The van der Waals surface area contributed by atoms with Crippen molar-refractivity contribution in [2.45, 2.75) is 13.8 Å². The second kappa shape index (κ2) is 5.83. The molecule has 0 heterocycles. The molecule has 0 aliphatic heterocycles. The van der Waals surface area contributed by atoms with E-state index in [9.17, 15) is 0 Å². The standard InChI is InChI=1S/C10H15N/c1-5-7-11(8-6-2)9-10(3)4/h1-2,10H,7-9H2,3-4H3. The average Bonchev–Trinajstić information content (AvgIpc) is 1.87. The SMILES string of the molecule is C#CCN(CC#C)CC(C)C. The zero-order valence-corrected chi connectivity index (χ0v) is 7.30. The summed E-state index contributed by atoms with van der Waals surface area (Å²) in [5, 5.41) is 0. The van der Waals surface area contributed by atoms with Crippen molar-refractivity contribution in [2.75, 3.05) is 19.6 Å². The number of hydrogen-bond acceptors (Lipinski definition) is 1. The summed E-state index contributed by atoms with van der Waals surface area (Å²) in [4.78, 5) is 2.09. The Morgan fingerprint density at radius 3 is 1.91 bits per heavy atom. The van der Waals surface area contributed by atoms with E-state index in [1.165, 1.54) is 0 Å². The van der Waals surface area contributed by atoms with Crippen LogP contribution in [0.1, 0.15) is 13.8 Å². The third kappa shape index (κ3) is 5.52. The van der Waals surface area contributed by atoms with Crippen LogP contribution in [0.15, 0.2) is 0 Å². The molecular formula is C10H15N. The van der Waals surface area contributed by atoms with Crippen LogP contribution in [0.3, 0.4) is 0 Å². The van der Waals surface area contributed by atoms with Gasteiger partial charge >= 0.3 is 0 Å². The summed E-state index contributed by atoms with van der Waals surface area (Å²) in [6.45, 7) is 6.60. The molecule has 0 unspecified atom stereocenters. The lowest BCUT2D eigenvalue weighted by Gasteiger charge is -2.18. The quantitative estimate of drug-likeness (QED) is 0.543. The molecule has 0 atom stereocenters. The summed E-state index contributed by atoms with van der Waals surface area (Å²) in [7, 11) is 0. The van der Waals surface area contributed by atoms with Crippen molar-refractivity contribution in [3.05, 3.63) is 0 Å². The summed E-state index contributed by atoms with van der Waals surface area (Å²) in [6, 6.07) is 0. The Hall–Kier alpha value is -0.920. The monoisotopic (exact) mass is 149 g/mol. The molecule has 0 aromatic heterocycles. The van der Waals surface area contributed by atoms with Gasteiger partial charge in [-0.05, 0) is 5.92 Å². The molecule has 1 heteroatoms. The molecule has 0 N–H and O–H groups in total. The van der Waals surface area contributed by atoms with Gasteiger partial charge in [-0.25, -0.2) is 0 Å². The molecule has 0 fully saturated rings. The number of nitrogens with zero attached hydrogens (tertiary/aromatic N) is 1. The van der Waals surface area contributed by atoms with E-state index in [0.29, 0.717) is 19.0 Å². The lowest BCUT2D eigenvalue weighted by atomic mass is 10.2. The molecule has 0 aromatic rings. The van der Waals surface area contributed by atoms with E-state index in [1.807, 2.05) is 0 Å². The van der Waals surface area contributed by atoms with Gasteiger partial charge in [0.2, 0.25) is 0 Å². The highest BCUT2D eigenvalue weighted by Crippen LogP contribution is 1.96. The molecule has 0 bridgehead atoms. The van der Waals surface area contributed by atoms with Crippen molar-refractivity contribution < 1.29 is 0 Å². The predicted octanol–water partition coefficient (Wildman–Crippen LogP) is 1.21. The molecule has 0 aliphatic carbocycles. The number of hydrogen-bond donors (Lipinski definition) is 0. The molecule has 0 spiro atoms. The maximum atomic E-state index is 5.18. The van der Waals surface area contributed by atoms with Gasteiger partial charge < -0.3 is 0 Å². The Bertz CT molecular complexity index is 152. The van der Waals surface area contributed by atoms with Crippen LogP contribution in [0.4, 0.5) is 0 Å². The highest BCUT2D eigenvalue weighted by atomic mass is 15.1. The minimum Gasteiger partial charge on any atom is -0.281 e.